The van der Waals surface area contributed by atoms with Crippen LogP contribution >= 0.6 is 0 Å². The molecule has 0 unspecified atom stereocenters. The van der Waals surface area contributed by atoms with Crippen molar-refractivity contribution in [3.63, 3.8) is 0 Å². The van der Waals surface area contributed by atoms with Gasteiger partial charge in [0.15, 0.2) is 0 Å². The predicted octanol–water partition coefficient (Wildman–Crippen LogP) is 2.44. The van der Waals surface area contributed by atoms with Crippen LogP contribution in [0.1, 0.15) is 34.8 Å². The molecule has 136 valence electrons. The third kappa shape index (κ3) is 3.58. The smallest absolute Gasteiger partial charge is 0.288 e. The Morgan fingerprint density at radius 2 is 2.19 bits per heavy atom. The van der Waals surface area contributed by atoms with Gasteiger partial charge in [-0.3, -0.25) is 14.9 Å². The highest BCUT2D eigenvalue weighted by molar-refractivity contribution is 5.98. The topological polar surface area (TPSA) is 112 Å². The van der Waals surface area contributed by atoms with E-state index in [9.17, 15) is 14.9 Å². The summed E-state index contributed by atoms with van der Waals surface area (Å²) in [6.45, 7) is 3.92. The van der Waals surface area contributed by atoms with Crippen LogP contribution in [0.5, 0.6) is 5.75 Å². The highest BCUT2D eigenvalue weighted by atomic mass is 16.6. The number of nitrogens with two attached hydrogens (primary N) is 1. The van der Waals surface area contributed by atoms with E-state index in [1.165, 1.54) is 11.6 Å². The number of carbonyl (C=O) groups excluding carboxylic acids is 1. The number of primary amides is 1. The van der Waals surface area contributed by atoms with Gasteiger partial charge in [-0.1, -0.05) is 13.0 Å². The minimum absolute atomic E-state index is 0.0607. The fourth-order valence-corrected chi connectivity index (χ4v) is 3.00. The summed E-state index contributed by atoms with van der Waals surface area (Å²) >= 11 is 0. The molecule has 0 saturated heterocycles. The molecule has 26 heavy (non-hydrogen) atoms. The molecule has 0 aliphatic carbocycles. The fraction of sp³-hybridized carbons (Fsp3) is 0.333. The van der Waals surface area contributed by atoms with E-state index in [4.69, 9.17) is 10.5 Å². The zero-order valence-corrected chi connectivity index (χ0v) is 14.5. The van der Waals surface area contributed by atoms with Crippen LogP contribution in [0, 0.1) is 10.1 Å². The first-order chi connectivity index (χ1) is 12.5. The molecule has 1 aliphatic rings. The van der Waals surface area contributed by atoms with Gasteiger partial charge in [0.1, 0.15) is 17.8 Å². The average molecular weight is 356 g/mol. The van der Waals surface area contributed by atoms with Crippen molar-refractivity contribution in [3.05, 3.63) is 57.3 Å². The number of rotatable bonds is 6. The number of aromatic nitrogens is 1. The van der Waals surface area contributed by atoms with Crippen LogP contribution in [0.4, 0.5) is 11.5 Å². The molecular weight excluding hydrogens is 336 g/mol. The molecule has 8 nitrogen and oxygen atoms in total. The molecule has 1 amide bonds. The maximum Gasteiger partial charge on any atom is 0.288 e. The molecule has 0 spiro atoms. The molecule has 8 heteroatoms. The van der Waals surface area contributed by atoms with Crippen LogP contribution in [0.25, 0.3) is 0 Å². The van der Waals surface area contributed by atoms with E-state index in [1.807, 2.05) is 23.1 Å². The average Bonchev–Trinajstić information content (AvgIpc) is 2.65. The fourth-order valence-electron chi connectivity index (χ4n) is 3.00. The highest BCUT2D eigenvalue weighted by Gasteiger charge is 2.24. The highest BCUT2D eigenvalue weighted by Crippen LogP contribution is 2.29. The van der Waals surface area contributed by atoms with Crippen LogP contribution in [0.2, 0.25) is 0 Å². The number of nitro groups is 1. The summed E-state index contributed by atoms with van der Waals surface area (Å²) in [6.07, 6.45) is 2.86. The van der Waals surface area contributed by atoms with Crippen LogP contribution in [-0.2, 0) is 13.0 Å². The third-order valence-electron chi connectivity index (χ3n) is 4.29. The monoisotopic (exact) mass is 356 g/mol. The summed E-state index contributed by atoms with van der Waals surface area (Å²) < 4.78 is 5.67. The lowest BCUT2D eigenvalue weighted by atomic mass is 9.99. The number of amides is 1. The Bertz CT molecular complexity index is 853. The molecule has 0 fully saturated rings. The Balaban J connectivity index is 1.86. The van der Waals surface area contributed by atoms with Crippen LogP contribution in [0.15, 0.2) is 30.5 Å². The second-order valence-electron chi connectivity index (χ2n) is 6.14. The number of carbonyl (C=O) groups is 1. The molecule has 0 atom stereocenters. The lowest BCUT2D eigenvalue weighted by Crippen LogP contribution is -2.33. The van der Waals surface area contributed by atoms with Crippen molar-refractivity contribution in [2.75, 3.05) is 18.1 Å². The molecule has 1 aliphatic heterocycles. The normalized spacial score (nSPS) is 13.2. The molecule has 2 heterocycles. The lowest BCUT2D eigenvalue weighted by molar-refractivity contribution is -0.385. The molecule has 0 bridgehead atoms. The first kappa shape index (κ1) is 17.7. The molecule has 0 radical (unpaired) electrons. The number of ether oxygens (including phenoxy) is 1. The number of benzene rings is 1. The molecular formula is C18H20N4O4. The maximum atomic E-state index is 11.7. The van der Waals surface area contributed by atoms with Gasteiger partial charge in [0.05, 0.1) is 17.1 Å². The van der Waals surface area contributed by atoms with E-state index < -0.39 is 10.8 Å². The SMILES string of the molecule is CCCOc1ccc2c(c1)CCN(c1ncc([N+](=O)[O-])cc1C(N)=O)C2. The summed E-state index contributed by atoms with van der Waals surface area (Å²) in [6, 6.07) is 7.15. The van der Waals surface area contributed by atoms with E-state index in [-0.39, 0.29) is 11.3 Å². The first-order valence-electron chi connectivity index (χ1n) is 8.43. The number of pyridine rings is 1. The molecule has 0 saturated carbocycles. The van der Waals surface area contributed by atoms with Gasteiger partial charge in [0.2, 0.25) is 0 Å². The van der Waals surface area contributed by atoms with Gasteiger partial charge in [-0.2, -0.15) is 0 Å². The Morgan fingerprint density at radius 3 is 2.88 bits per heavy atom. The van der Waals surface area contributed by atoms with Crippen molar-refractivity contribution < 1.29 is 14.5 Å². The molecule has 1 aromatic carbocycles. The Hall–Kier alpha value is -3.16. The van der Waals surface area contributed by atoms with Gasteiger partial charge in [-0.05, 0) is 36.1 Å². The molecule has 1 aromatic heterocycles. The minimum Gasteiger partial charge on any atom is -0.494 e. The van der Waals surface area contributed by atoms with Crippen molar-refractivity contribution in [2.24, 2.45) is 5.73 Å². The summed E-state index contributed by atoms with van der Waals surface area (Å²) in [5.41, 5.74) is 7.51. The summed E-state index contributed by atoms with van der Waals surface area (Å²) in [5.74, 6) is 0.496. The second-order valence-corrected chi connectivity index (χ2v) is 6.14. The van der Waals surface area contributed by atoms with Gasteiger partial charge in [-0.25, -0.2) is 4.98 Å². The second kappa shape index (κ2) is 7.38. The molecule has 2 N–H and O–H groups in total. The van der Waals surface area contributed by atoms with Crippen molar-refractivity contribution >= 4 is 17.4 Å². The zero-order chi connectivity index (χ0) is 18.7. The van der Waals surface area contributed by atoms with Gasteiger partial charge in [0, 0.05) is 19.2 Å². The van der Waals surface area contributed by atoms with Crippen LogP contribution < -0.4 is 15.4 Å². The minimum atomic E-state index is -0.731. The van der Waals surface area contributed by atoms with E-state index >= 15 is 0 Å². The molecule has 2 aromatic rings. The van der Waals surface area contributed by atoms with E-state index in [0.29, 0.717) is 25.5 Å². The predicted molar refractivity (Wildman–Crippen MR) is 96.4 cm³/mol. The van der Waals surface area contributed by atoms with Gasteiger partial charge < -0.3 is 15.4 Å². The maximum absolute atomic E-state index is 11.7. The Labute approximate surface area is 150 Å². The van der Waals surface area contributed by atoms with Crippen LogP contribution in [-0.4, -0.2) is 29.0 Å². The van der Waals surface area contributed by atoms with E-state index in [1.54, 1.807) is 0 Å². The van der Waals surface area contributed by atoms with Crippen molar-refractivity contribution in [1.29, 1.82) is 0 Å². The third-order valence-corrected chi connectivity index (χ3v) is 4.29. The number of anilines is 1. The van der Waals surface area contributed by atoms with Crippen LogP contribution in [0.3, 0.4) is 0 Å². The van der Waals surface area contributed by atoms with E-state index in [2.05, 4.69) is 11.9 Å². The summed E-state index contributed by atoms with van der Waals surface area (Å²) in [4.78, 5) is 28.1. The number of fused-ring (bicyclic) bond motifs is 1. The quantitative estimate of drug-likeness (QED) is 0.628. The molecule has 3 rings (SSSR count). The summed E-state index contributed by atoms with van der Waals surface area (Å²) in [7, 11) is 0. The zero-order valence-electron chi connectivity index (χ0n) is 14.5. The Kier molecular flexibility index (Phi) is 5.01. The largest absolute Gasteiger partial charge is 0.494 e. The van der Waals surface area contributed by atoms with Crippen molar-refractivity contribution in [3.8, 4) is 5.75 Å². The van der Waals surface area contributed by atoms with Gasteiger partial charge in [0.25, 0.3) is 11.6 Å². The van der Waals surface area contributed by atoms with Crippen molar-refractivity contribution in [2.45, 2.75) is 26.3 Å². The van der Waals surface area contributed by atoms with Gasteiger partial charge in [-0.15, -0.1) is 0 Å². The number of hydrogen-bond acceptors (Lipinski definition) is 6. The van der Waals surface area contributed by atoms with Crippen molar-refractivity contribution in [1.82, 2.24) is 4.98 Å². The Morgan fingerprint density at radius 1 is 1.38 bits per heavy atom. The standard InChI is InChI=1S/C18H20N4O4/c1-2-7-26-15-4-3-13-11-21(6-5-12(13)8-15)18-16(17(19)23)9-14(10-20-18)22(24)25/h3-4,8-10H,2,5-7,11H2,1H3,(H2,19,23). The van der Waals surface area contributed by atoms with E-state index in [0.717, 1.165) is 30.4 Å². The number of hydrogen-bond donors (Lipinski definition) is 1. The lowest BCUT2D eigenvalue weighted by Gasteiger charge is -2.31. The number of nitrogens with zero attached hydrogens (tertiary/aromatic N) is 3. The van der Waals surface area contributed by atoms with Gasteiger partial charge >= 0.3 is 0 Å². The first-order valence-corrected chi connectivity index (χ1v) is 8.43. The summed E-state index contributed by atoms with van der Waals surface area (Å²) in [5, 5.41) is 10.9.